The highest BCUT2D eigenvalue weighted by atomic mass is 16.8. The summed E-state index contributed by atoms with van der Waals surface area (Å²) in [5.41, 5.74) is 1.67. The number of phenolic OH excluding ortho intramolecular Hbond substituents is 2. The van der Waals surface area contributed by atoms with Crippen molar-refractivity contribution < 1.29 is 231 Å². The van der Waals surface area contributed by atoms with Crippen molar-refractivity contribution in [2.45, 2.75) is 232 Å². The van der Waals surface area contributed by atoms with Crippen molar-refractivity contribution in [1.29, 1.82) is 0 Å². The zero-order chi connectivity index (χ0) is 106. The van der Waals surface area contributed by atoms with E-state index >= 15 is 0 Å². The number of hydrogen-bond acceptors (Lipinski definition) is 47. The van der Waals surface area contributed by atoms with Gasteiger partial charge in [-0.15, -0.1) is 0 Å². The first-order valence-corrected chi connectivity index (χ1v) is 45.9. The number of aliphatic hydroxyl groups excluding tert-OH is 17. The van der Waals surface area contributed by atoms with Crippen LogP contribution in [0, 0.1) is 13.8 Å². The van der Waals surface area contributed by atoms with Crippen LogP contribution in [0.25, 0.3) is 0 Å². The van der Waals surface area contributed by atoms with Crippen LogP contribution in [0.2, 0.25) is 0 Å². The van der Waals surface area contributed by atoms with Crippen LogP contribution >= 0.6 is 0 Å². The zero-order valence-electron chi connectivity index (χ0n) is 80.8. The number of carbonyl (C=O) groups is 4. The molecule has 47 heteroatoms. The van der Waals surface area contributed by atoms with Crippen LogP contribution in [0.5, 0.6) is 69.0 Å². The third-order valence-corrected chi connectivity index (χ3v) is 25.1. The molecule has 146 heavy (non-hydrogen) atoms. The van der Waals surface area contributed by atoms with Gasteiger partial charge >= 0.3 is 23.9 Å². The maximum Gasteiger partial charge on any atom is 0.338 e. The fraction of sp³-hybridized carbons (Fsp3) is 0.535. The van der Waals surface area contributed by atoms with E-state index in [9.17, 15) is 126 Å². The van der Waals surface area contributed by atoms with Crippen molar-refractivity contribution in [2.24, 2.45) is 0 Å². The molecule has 28 atom stereocenters. The largest absolute Gasteiger partial charge is 0.504 e. The topological polar surface area (TPSA) is 696 Å². The highest BCUT2D eigenvalue weighted by Crippen LogP contribution is 2.52. The van der Waals surface area contributed by atoms with Crippen LogP contribution in [0.4, 0.5) is 0 Å². The minimum Gasteiger partial charge on any atom is -0.504 e. The van der Waals surface area contributed by atoms with Gasteiger partial charge in [-0.2, -0.15) is 0 Å². The van der Waals surface area contributed by atoms with E-state index in [0.29, 0.717) is 33.9 Å². The SMILES string of the molecule is C.CCCCc1cc(OC)c2c(c1)[C@@H](CO)C(c1ccc(OC3OC(COC(=O)c4ccc(O)c(OC)c4)C(O)C(O)C3O)c(OC)c1)O2.CCc1ccc(OC2OC(COC(=O)c3ccc(O)c(OC)c3)C(O)C(O)C2O)c(OC)c1.COC(=O)c1cc(OC2OC(CO)C(O)C(O)C2OC2OCC(O)(CO)C2O)ccc1C.COC(=O)c1cc(OC2OC(COC3OCC(O)(CO)C3O)C(O)C(O)C2O)ccc1C. The Morgan fingerprint density at radius 1 is 0.404 bits per heavy atom. The number of ether oxygens (including phenoxy) is 22. The molecule has 0 amide bonds. The van der Waals surface area contributed by atoms with Crippen LogP contribution in [-0.4, -0.2) is 399 Å². The van der Waals surface area contributed by atoms with Crippen molar-refractivity contribution in [1.82, 2.24) is 0 Å². The predicted octanol–water partition coefficient (Wildman–Crippen LogP) is -0.485. The molecule has 0 bridgehead atoms. The number of methoxy groups -OCH3 is 7. The van der Waals surface area contributed by atoms with E-state index in [1.54, 1.807) is 63.4 Å². The fourth-order valence-corrected chi connectivity index (χ4v) is 16.2. The molecule has 6 saturated heterocycles. The molecule has 27 unspecified atom stereocenters. The number of aromatic hydroxyl groups is 2. The average Bonchev–Trinajstić information content (AvgIpc) is 1.60. The molecule has 0 spiro atoms. The monoisotopic (exact) mass is 2070 g/mol. The molecule has 47 nitrogen and oxygen atoms in total. The molecule has 7 aliphatic heterocycles. The van der Waals surface area contributed by atoms with E-state index < -0.39 is 235 Å². The molecule has 0 radical (unpaired) electrons. The van der Waals surface area contributed by atoms with E-state index in [2.05, 4.69) is 13.0 Å². The summed E-state index contributed by atoms with van der Waals surface area (Å²) in [6, 6.07) is 31.1. The maximum atomic E-state index is 12.6. The Morgan fingerprint density at radius 3 is 1.28 bits per heavy atom. The van der Waals surface area contributed by atoms with Gasteiger partial charge in [-0.05, 0) is 152 Å². The van der Waals surface area contributed by atoms with Crippen molar-refractivity contribution in [2.75, 3.05) is 109 Å². The van der Waals surface area contributed by atoms with Gasteiger partial charge in [0.25, 0.3) is 0 Å². The molecule has 0 saturated carbocycles. The average molecular weight is 2070 g/mol. The number of hydrogen-bond donors (Lipinski definition) is 21. The summed E-state index contributed by atoms with van der Waals surface area (Å²) in [5.74, 6) is -0.734. The van der Waals surface area contributed by atoms with E-state index in [0.717, 1.165) is 42.4 Å². The molecule has 7 aliphatic rings. The molecule has 808 valence electrons. The smallest absolute Gasteiger partial charge is 0.338 e. The van der Waals surface area contributed by atoms with Gasteiger partial charge in [-0.1, -0.05) is 58.0 Å². The van der Waals surface area contributed by atoms with Crippen LogP contribution in [0.3, 0.4) is 0 Å². The van der Waals surface area contributed by atoms with Crippen LogP contribution < -0.4 is 47.4 Å². The fourth-order valence-electron chi connectivity index (χ4n) is 16.2. The van der Waals surface area contributed by atoms with E-state index in [1.807, 2.05) is 19.1 Å². The normalized spacial score (nSPS) is 30.1. The van der Waals surface area contributed by atoms with Gasteiger partial charge in [-0.3, -0.25) is 0 Å². The summed E-state index contributed by atoms with van der Waals surface area (Å²) < 4.78 is 119. The van der Waals surface area contributed by atoms with Gasteiger partial charge in [0.15, 0.2) is 76.2 Å². The Balaban J connectivity index is 0.000000202. The quantitative estimate of drug-likeness (QED) is 0.0176. The molecule has 14 rings (SSSR count). The van der Waals surface area contributed by atoms with E-state index in [1.165, 1.54) is 103 Å². The first kappa shape index (κ1) is 117. The third-order valence-electron chi connectivity index (χ3n) is 25.1. The predicted molar refractivity (Wildman–Crippen MR) is 499 cm³/mol. The van der Waals surface area contributed by atoms with Gasteiger partial charge in [0.2, 0.25) is 25.2 Å². The van der Waals surface area contributed by atoms with Crippen molar-refractivity contribution >= 4 is 23.9 Å². The van der Waals surface area contributed by atoms with Gasteiger partial charge in [-0.25, -0.2) is 19.2 Å². The number of benzene rings is 7. The molecule has 7 aromatic carbocycles. The number of aryl methyl sites for hydroxylation is 4. The highest BCUT2D eigenvalue weighted by molar-refractivity contribution is 5.93. The number of phenols is 2. The molecule has 21 N–H and O–H groups in total. The minimum absolute atomic E-state index is 0. The third kappa shape index (κ3) is 27.2. The lowest BCUT2D eigenvalue weighted by Gasteiger charge is -2.42. The van der Waals surface area contributed by atoms with Crippen molar-refractivity contribution in [3.63, 3.8) is 0 Å². The van der Waals surface area contributed by atoms with E-state index in [4.69, 9.17) is 104 Å². The number of esters is 4. The number of rotatable bonds is 35. The number of aliphatic hydroxyl groups is 19. The number of fused-ring (bicyclic) bond motifs is 1. The van der Waals surface area contributed by atoms with Gasteiger partial charge in [0.1, 0.15) is 146 Å². The molecule has 0 aliphatic carbocycles. The molecular formula is C99H130O47. The van der Waals surface area contributed by atoms with Gasteiger partial charge < -0.3 is 211 Å². The summed E-state index contributed by atoms with van der Waals surface area (Å²) in [4.78, 5) is 48.9. The first-order chi connectivity index (χ1) is 69.2. The molecule has 6 fully saturated rings. The summed E-state index contributed by atoms with van der Waals surface area (Å²) in [7, 11) is 9.62. The van der Waals surface area contributed by atoms with Gasteiger partial charge in [0, 0.05) is 5.56 Å². The maximum absolute atomic E-state index is 12.6. The standard InChI is InChI=1S/C35H42O13.C23H28O10.2C20H28O12.CH4/c1-5-6-7-18-12-21-22(16-36)32(48-33(21)27(13-18)44-4)19-9-11-24(26(14-19)43-3)46-35-31(40)30(39)29(38)28(47-35)17-45-34(41)20-8-10-23(37)25(15-20)42-2;1-4-12-5-8-15(17(9-12)30-3)32-23-21(27)20(26)19(25)18(33-23)11-31-22(28)13-6-7-14(24)16(10-13)29-2;1-9-3-4-10(5-11(9)17(26)28-2)31-18-15(24)14(23)13(22)12(32-18)6-29-19-16(25)20(27,7-21)8-30-19;1-9-3-4-10(5-11(9)17(26)28-2)30-18-15(14(24)13(23)12(6-21)31-18)32-19-16(25)20(27,7-22)8-29-19;/h8-15,22,28-32,35-40H,5-7,16-17H2,1-4H3;5-10,18-21,23-27H,4,11H2,1-3H3;2*3-5,12-16,18-19,21-25,27H,6-8H2,1-2H3;1H4/t22-,28?,29?,30?,31?,32?,35?;;;;/m1..../s1. The lowest BCUT2D eigenvalue weighted by atomic mass is 9.90. The summed E-state index contributed by atoms with van der Waals surface area (Å²) in [6.07, 6.45) is -32.6. The highest BCUT2D eigenvalue weighted by Gasteiger charge is 2.56. The lowest BCUT2D eigenvalue weighted by molar-refractivity contribution is -0.318. The second-order valence-electron chi connectivity index (χ2n) is 34.7. The second kappa shape index (κ2) is 52.7. The lowest BCUT2D eigenvalue weighted by Crippen LogP contribution is -2.62. The van der Waals surface area contributed by atoms with Crippen molar-refractivity contribution in [3.05, 3.63) is 177 Å². The Hall–Kier alpha value is -11.1. The Bertz CT molecular complexity index is 5410. The number of unbranched alkanes of at least 4 members (excludes halogenated alkanes) is 1. The first-order valence-electron chi connectivity index (χ1n) is 45.9. The van der Waals surface area contributed by atoms with Crippen LogP contribution in [0.1, 0.15) is 121 Å². The van der Waals surface area contributed by atoms with Gasteiger partial charge in [0.05, 0.1) is 124 Å². The Morgan fingerprint density at radius 2 is 0.836 bits per heavy atom. The Kier molecular flexibility index (Phi) is 42.2. The number of carbonyl (C=O) groups excluding carboxylic acids is 4. The Labute approximate surface area is 837 Å². The molecule has 7 heterocycles. The molecular weight excluding hydrogens is 1940 g/mol. The van der Waals surface area contributed by atoms with Crippen LogP contribution in [0.15, 0.2) is 121 Å². The second-order valence-corrected chi connectivity index (χ2v) is 34.7. The summed E-state index contributed by atoms with van der Waals surface area (Å²) in [5, 5.41) is 213. The molecule has 0 aromatic heterocycles. The molecule has 7 aromatic rings. The zero-order valence-corrected chi connectivity index (χ0v) is 80.8. The summed E-state index contributed by atoms with van der Waals surface area (Å²) in [6.45, 7) is 3.01. The summed E-state index contributed by atoms with van der Waals surface area (Å²) >= 11 is 0. The van der Waals surface area contributed by atoms with Crippen LogP contribution in [-0.2, 0) is 69.7 Å². The van der Waals surface area contributed by atoms with Crippen molar-refractivity contribution in [3.8, 4) is 69.0 Å². The van der Waals surface area contributed by atoms with E-state index in [-0.39, 0.29) is 101 Å². The minimum atomic E-state index is -1.97.